The third kappa shape index (κ3) is 6.57. The molecule has 1 aliphatic heterocycles. The smallest absolute Gasteiger partial charge is 0.243 e. The highest BCUT2D eigenvalue weighted by Gasteiger charge is 2.20. The van der Waals surface area contributed by atoms with Gasteiger partial charge in [0.15, 0.2) is 0 Å². The predicted octanol–water partition coefficient (Wildman–Crippen LogP) is 3.41. The summed E-state index contributed by atoms with van der Waals surface area (Å²) in [6, 6.07) is 6.11. The van der Waals surface area contributed by atoms with Gasteiger partial charge in [-0.1, -0.05) is 25.0 Å². The van der Waals surface area contributed by atoms with Crippen LogP contribution in [0.4, 0.5) is 4.39 Å². The van der Waals surface area contributed by atoms with Gasteiger partial charge in [0.2, 0.25) is 11.0 Å². The van der Waals surface area contributed by atoms with E-state index in [4.69, 9.17) is 14.3 Å². The maximum Gasteiger partial charge on any atom is 0.243 e. The first-order valence-electron chi connectivity index (χ1n) is 7.38. The zero-order chi connectivity index (χ0) is 16.5. The Kier molecular flexibility index (Phi) is 7.34. The number of nitrogens with zero attached hydrogens (tertiary/aromatic N) is 1. The minimum atomic E-state index is -0.358. The molecule has 0 atom stereocenters. The number of carbonyl (C=O) groups excluding carboxylic acids is 1. The molecule has 2 N–H and O–H groups in total. The summed E-state index contributed by atoms with van der Waals surface area (Å²) in [5.41, 5.74) is 2.45. The molecule has 1 heterocycles. The van der Waals surface area contributed by atoms with E-state index in [2.05, 4.69) is 0 Å². The Morgan fingerprint density at radius 2 is 2.00 bits per heavy atom. The molecule has 0 unspecified atom stereocenters. The zero-order valence-corrected chi connectivity index (χ0v) is 13.4. The van der Waals surface area contributed by atoms with Gasteiger partial charge in [-0.25, -0.2) is 9.87 Å². The van der Waals surface area contributed by atoms with Crippen molar-refractivity contribution in [1.82, 2.24) is 10.7 Å². The molecule has 2 rings (SSSR count). The predicted molar refractivity (Wildman–Crippen MR) is 83.9 cm³/mol. The second-order valence-corrected chi connectivity index (χ2v) is 5.74. The third-order valence-electron chi connectivity index (χ3n) is 3.17. The number of benzene rings is 1. The van der Waals surface area contributed by atoms with Crippen LogP contribution in [0.2, 0.25) is 0 Å². The molecular formula is C15H19FN2O4S. The van der Waals surface area contributed by atoms with Gasteiger partial charge in [-0.05, 0) is 41.8 Å². The van der Waals surface area contributed by atoms with Crippen molar-refractivity contribution in [1.29, 1.82) is 0 Å². The highest BCUT2D eigenvalue weighted by atomic mass is 32.2. The molecule has 23 heavy (non-hydrogen) atoms. The van der Waals surface area contributed by atoms with Crippen molar-refractivity contribution in [2.45, 2.75) is 32.1 Å². The van der Waals surface area contributed by atoms with Crippen LogP contribution in [-0.4, -0.2) is 22.9 Å². The van der Waals surface area contributed by atoms with Gasteiger partial charge in [-0.15, -0.1) is 0 Å². The average molecular weight is 342 g/mol. The first-order valence-corrected chi connectivity index (χ1v) is 8.12. The molecule has 1 aromatic rings. The largest absolute Gasteiger partial charge is 0.370 e. The molecule has 6 nitrogen and oxygen atoms in total. The number of hydrogen-bond acceptors (Lipinski definition) is 6. The molecule has 1 aliphatic rings. The molecule has 0 spiro atoms. The summed E-state index contributed by atoms with van der Waals surface area (Å²) >= 11 is 1.12. The summed E-state index contributed by atoms with van der Waals surface area (Å²) in [6.07, 6.45) is 5.53. The molecule has 1 amide bonds. The Balaban J connectivity index is 1.62. The number of halogens is 1. The van der Waals surface area contributed by atoms with Crippen LogP contribution in [0.25, 0.3) is 6.08 Å². The fourth-order valence-corrected chi connectivity index (χ4v) is 2.53. The van der Waals surface area contributed by atoms with Crippen molar-refractivity contribution in [3.8, 4) is 0 Å². The van der Waals surface area contributed by atoms with Crippen LogP contribution in [0.5, 0.6) is 0 Å². The number of hydrogen-bond donors (Lipinski definition) is 2. The Morgan fingerprint density at radius 3 is 2.74 bits per heavy atom. The van der Waals surface area contributed by atoms with Crippen LogP contribution in [0, 0.1) is 5.82 Å². The zero-order valence-electron chi connectivity index (χ0n) is 12.5. The SMILES string of the molecule is O=C(CCCCCCN1OS/C(=C\c2ccc(F)cc2)O1)NO. The third-order valence-corrected chi connectivity index (χ3v) is 3.77. The minimum absolute atomic E-state index is 0.276. The standard InChI is InChI=1S/C15H19FN2O4S/c16-13-8-6-12(7-9-13)11-15-21-18(22-23-15)10-4-2-1-3-5-14(19)17-20/h6-9,11,20H,1-5,10H2,(H,17,19)/b15-11-. The average Bonchev–Trinajstić information content (AvgIpc) is 3.00. The number of nitrogens with one attached hydrogen (secondary N) is 1. The fraction of sp³-hybridized carbons (Fsp3) is 0.400. The van der Waals surface area contributed by atoms with Gasteiger partial charge in [0.1, 0.15) is 5.82 Å². The van der Waals surface area contributed by atoms with Gasteiger partial charge in [-0.3, -0.25) is 10.0 Å². The number of amides is 1. The van der Waals surface area contributed by atoms with Crippen molar-refractivity contribution in [2.24, 2.45) is 0 Å². The van der Waals surface area contributed by atoms with Crippen molar-refractivity contribution in [3.05, 3.63) is 40.7 Å². The molecule has 1 aromatic carbocycles. The van der Waals surface area contributed by atoms with Crippen LogP contribution < -0.4 is 5.48 Å². The molecule has 1 fully saturated rings. The van der Waals surface area contributed by atoms with E-state index in [1.807, 2.05) is 0 Å². The number of hydroxylamine groups is 3. The van der Waals surface area contributed by atoms with E-state index in [0.29, 0.717) is 18.1 Å². The lowest BCUT2D eigenvalue weighted by Crippen LogP contribution is -2.18. The fourth-order valence-electron chi connectivity index (χ4n) is 1.97. The van der Waals surface area contributed by atoms with Crippen LogP contribution in [0.1, 0.15) is 37.7 Å². The quantitative estimate of drug-likeness (QED) is 0.326. The normalized spacial score (nSPS) is 16.5. The topological polar surface area (TPSA) is 71.0 Å². The Bertz CT molecular complexity index is 539. The van der Waals surface area contributed by atoms with Crippen molar-refractivity contribution in [3.63, 3.8) is 0 Å². The van der Waals surface area contributed by atoms with Gasteiger partial charge in [-0.2, -0.15) is 4.28 Å². The Hall–Kier alpha value is -1.61. The van der Waals surface area contributed by atoms with E-state index in [-0.39, 0.29) is 11.7 Å². The number of carbonyl (C=O) groups is 1. The van der Waals surface area contributed by atoms with E-state index in [9.17, 15) is 9.18 Å². The second-order valence-electron chi connectivity index (χ2n) is 5.02. The summed E-state index contributed by atoms with van der Waals surface area (Å²) in [7, 11) is 0. The molecule has 0 bridgehead atoms. The van der Waals surface area contributed by atoms with Crippen molar-refractivity contribution >= 4 is 24.0 Å². The molecule has 0 aromatic heterocycles. The van der Waals surface area contributed by atoms with Gasteiger partial charge < -0.3 is 4.84 Å². The highest BCUT2D eigenvalue weighted by molar-refractivity contribution is 7.98. The Morgan fingerprint density at radius 1 is 1.26 bits per heavy atom. The number of unbranched alkanes of at least 4 members (excludes halogenated alkanes) is 3. The molecule has 126 valence electrons. The lowest BCUT2D eigenvalue weighted by molar-refractivity contribution is -0.259. The van der Waals surface area contributed by atoms with Crippen molar-refractivity contribution < 1.29 is 23.5 Å². The summed E-state index contributed by atoms with van der Waals surface area (Å²) in [6.45, 7) is 0.611. The Labute approximate surface area is 138 Å². The lowest BCUT2D eigenvalue weighted by atomic mass is 10.1. The molecule has 0 radical (unpaired) electrons. The second kappa shape index (κ2) is 9.51. The minimum Gasteiger partial charge on any atom is -0.370 e. The summed E-state index contributed by atoms with van der Waals surface area (Å²) in [5.74, 6) is -0.635. The maximum absolute atomic E-state index is 12.8. The number of rotatable bonds is 8. The van der Waals surface area contributed by atoms with Crippen LogP contribution in [-0.2, 0) is 13.9 Å². The highest BCUT2D eigenvalue weighted by Crippen LogP contribution is 2.31. The van der Waals surface area contributed by atoms with Gasteiger partial charge in [0.25, 0.3) is 0 Å². The molecule has 0 aliphatic carbocycles. The van der Waals surface area contributed by atoms with E-state index in [0.717, 1.165) is 43.3 Å². The van der Waals surface area contributed by atoms with E-state index in [1.165, 1.54) is 17.4 Å². The first-order chi connectivity index (χ1) is 11.2. The van der Waals surface area contributed by atoms with E-state index < -0.39 is 0 Å². The van der Waals surface area contributed by atoms with Gasteiger partial charge in [0, 0.05) is 6.42 Å². The summed E-state index contributed by atoms with van der Waals surface area (Å²) in [4.78, 5) is 16.3. The van der Waals surface area contributed by atoms with Gasteiger partial charge in [0.05, 0.1) is 18.6 Å². The first kappa shape index (κ1) is 17.7. The maximum atomic E-state index is 12.8. The summed E-state index contributed by atoms with van der Waals surface area (Å²) < 4.78 is 18.1. The molecule has 0 saturated carbocycles. The molecular weight excluding hydrogens is 323 g/mol. The van der Waals surface area contributed by atoms with E-state index >= 15 is 0 Å². The van der Waals surface area contributed by atoms with Gasteiger partial charge >= 0.3 is 0 Å². The van der Waals surface area contributed by atoms with Crippen molar-refractivity contribution in [2.75, 3.05) is 6.54 Å². The monoisotopic (exact) mass is 342 g/mol. The lowest BCUT2D eigenvalue weighted by Gasteiger charge is -2.10. The molecule has 1 saturated heterocycles. The summed E-state index contributed by atoms with van der Waals surface area (Å²) in [5, 5.41) is 10.4. The van der Waals surface area contributed by atoms with Crippen LogP contribution in [0.3, 0.4) is 0 Å². The van der Waals surface area contributed by atoms with Crippen LogP contribution in [0.15, 0.2) is 29.4 Å². The molecule has 8 heteroatoms. The van der Waals surface area contributed by atoms with E-state index in [1.54, 1.807) is 23.7 Å². The van der Waals surface area contributed by atoms with Crippen LogP contribution >= 0.6 is 12.0 Å².